The van der Waals surface area contributed by atoms with Gasteiger partial charge in [-0.05, 0) is 35.7 Å². The van der Waals surface area contributed by atoms with Gasteiger partial charge in [0, 0.05) is 12.7 Å². The van der Waals surface area contributed by atoms with E-state index in [4.69, 9.17) is 0 Å². The van der Waals surface area contributed by atoms with Crippen molar-refractivity contribution in [1.29, 1.82) is 0 Å². The molecule has 1 N–H and O–H groups in total. The molecule has 2 aromatic carbocycles. The molecule has 0 bridgehead atoms. The Hall–Kier alpha value is -2.95. The molecule has 1 amide bonds. The van der Waals surface area contributed by atoms with Crippen molar-refractivity contribution in [1.82, 2.24) is 15.1 Å². The van der Waals surface area contributed by atoms with E-state index < -0.39 is 0 Å². The zero-order valence-corrected chi connectivity index (χ0v) is 13.3. The molecule has 0 aliphatic rings. The number of nitrogens with one attached hydrogen (secondary N) is 1. The summed E-state index contributed by atoms with van der Waals surface area (Å²) in [5.41, 5.74) is 2.35. The lowest BCUT2D eigenvalue weighted by Crippen LogP contribution is -2.27. The minimum atomic E-state index is -0.307. The maximum absolute atomic E-state index is 13.0. The summed E-state index contributed by atoms with van der Waals surface area (Å²) in [4.78, 5) is 12.3. The van der Waals surface area contributed by atoms with Crippen molar-refractivity contribution in [2.45, 2.75) is 12.8 Å². The van der Waals surface area contributed by atoms with Crippen molar-refractivity contribution < 1.29 is 9.18 Å². The maximum Gasteiger partial charge on any atom is 0.254 e. The van der Waals surface area contributed by atoms with Gasteiger partial charge in [-0.2, -0.15) is 5.10 Å². The van der Waals surface area contributed by atoms with Crippen LogP contribution in [0.1, 0.15) is 28.8 Å². The van der Waals surface area contributed by atoms with Crippen LogP contribution in [0.2, 0.25) is 0 Å². The van der Waals surface area contributed by atoms with Gasteiger partial charge in [-0.3, -0.25) is 4.79 Å². The second kappa shape index (κ2) is 7.08. The Morgan fingerprint density at radius 3 is 2.58 bits per heavy atom. The highest BCUT2D eigenvalue weighted by Gasteiger charge is 2.11. The van der Waals surface area contributed by atoms with E-state index in [1.807, 2.05) is 30.3 Å². The highest BCUT2D eigenvalue weighted by molar-refractivity contribution is 5.93. The highest BCUT2D eigenvalue weighted by atomic mass is 19.1. The van der Waals surface area contributed by atoms with E-state index in [-0.39, 0.29) is 17.6 Å². The first-order valence-corrected chi connectivity index (χ1v) is 7.77. The van der Waals surface area contributed by atoms with Crippen molar-refractivity contribution in [3.63, 3.8) is 0 Å². The number of nitrogens with zero attached hydrogens (tertiary/aromatic N) is 2. The highest BCUT2D eigenvalue weighted by Crippen LogP contribution is 2.14. The Labute approximate surface area is 139 Å². The van der Waals surface area contributed by atoms with E-state index in [0.717, 1.165) is 0 Å². The molecule has 0 aliphatic heterocycles. The predicted molar refractivity (Wildman–Crippen MR) is 90.7 cm³/mol. The van der Waals surface area contributed by atoms with Crippen LogP contribution in [0.3, 0.4) is 0 Å². The lowest BCUT2D eigenvalue weighted by Gasteiger charge is -2.12. The van der Waals surface area contributed by atoms with Crippen molar-refractivity contribution in [2.24, 2.45) is 0 Å². The normalized spacial score (nSPS) is 11.9. The smallest absolute Gasteiger partial charge is 0.254 e. The van der Waals surface area contributed by atoms with E-state index in [2.05, 4.69) is 17.3 Å². The number of amides is 1. The Morgan fingerprint density at radius 1 is 1.17 bits per heavy atom. The summed E-state index contributed by atoms with van der Waals surface area (Å²) in [5.74, 6) is -0.257. The molecule has 1 atom stereocenters. The van der Waals surface area contributed by atoms with Crippen LogP contribution in [0.5, 0.6) is 0 Å². The van der Waals surface area contributed by atoms with Gasteiger partial charge in [0.05, 0.1) is 17.4 Å². The van der Waals surface area contributed by atoms with Crippen LogP contribution in [0.25, 0.3) is 5.69 Å². The van der Waals surface area contributed by atoms with E-state index in [0.29, 0.717) is 17.8 Å². The number of hydrogen-bond acceptors (Lipinski definition) is 2. The molecule has 24 heavy (non-hydrogen) atoms. The van der Waals surface area contributed by atoms with Gasteiger partial charge in [-0.1, -0.05) is 37.3 Å². The Morgan fingerprint density at radius 2 is 1.88 bits per heavy atom. The van der Waals surface area contributed by atoms with E-state index >= 15 is 0 Å². The SMILES string of the molecule is C[C@H](CNC(=O)c1cnn(-c2ccc(F)cc2)c1)c1ccccc1. The molecule has 4 nitrogen and oxygen atoms in total. The average Bonchev–Trinajstić information content (AvgIpc) is 3.11. The van der Waals surface area contributed by atoms with Gasteiger partial charge in [0.25, 0.3) is 5.91 Å². The number of hydrogen-bond donors (Lipinski definition) is 1. The van der Waals surface area contributed by atoms with Gasteiger partial charge in [0.1, 0.15) is 5.82 Å². The number of halogens is 1. The molecule has 1 aromatic heterocycles. The molecular weight excluding hydrogens is 305 g/mol. The lowest BCUT2D eigenvalue weighted by molar-refractivity contribution is 0.0951. The molecule has 3 aromatic rings. The second-order valence-corrected chi connectivity index (χ2v) is 5.67. The van der Waals surface area contributed by atoms with Gasteiger partial charge in [-0.25, -0.2) is 9.07 Å². The molecule has 0 radical (unpaired) electrons. The zero-order valence-electron chi connectivity index (χ0n) is 13.3. The summed E-state index contributed by atoms with van der Waals surface area (Å²) in [7, 11) is 0. The first kappa shape index (κ1) is 15.9. The summed E-state index contributed by atoms with van der Waals surface area (Å²) >= 11 is 0. The molecule has 122 valence electrons. The first-order valence-electron chi connectivity index (χ1n) is 7.77. The van der Waals surface area contributed by atoms with Crippen LogP contribution in [0.15, 0.2) is 67.0 Å². The molecule has 0 aliphatic carbocycles. The van der Waals surface area contributed by atoms with Crippen LogP contribution in [0.4, 0.5) is 4.39 Å². The third-order valence-corrected chi connectivity index (χ3v) is 3.87. The molecule has 0 fully saturated rings. The number of benzene rings is 2. The van der Waals surface area contributed by atoms with Crippen molar-refractivity contribution in [3.05, 3.63) is 83.9 Å². The van der Waals surface area contributed by atoms with Crippen LogP contribution < -0.4 is 5.32 Å². The third-order valence-electron chi connectivity index (χ3n) is 3.87. The fourth-order valence-corrected chi connectivity index (χ4v) is 2.42. The molecule has 5 heteroatoms. The standard InChI is InChI=1S/C19H18FN3O/c1-14(15-5-3-2-4-6-15)11-21-19(24)16-12-22-23(13-16)18-9-7-17(20)8-10-18/h2-10,12-14H,11H2,1H3,(H,21,24)/t14-/m1/s1. The summed E-state index contributed by atoms with van der Waals surface area (Å²) in [6, 6.07) is 16.0. The molecule has 0 unspecified atom stereocenters. The number of aromatic nitrogens is 2. The van der Waals surface area contributed by atoms with Crippen LogP contribution in [0, 0.1) is 5.82 Å². The van der Waals surface area contributed by atoms with E-state index in [1.165, 1.54) is 23.9 Å². The van der Waals surface area contributed by atoms with Crippen molar-refractivity contribution in [2.75, 3.05) is 6.54 Å². The lowest BCUT2D eigenvalue weighted by atomic mass is 10.0. The second-order valence-electron chi connectivity index (χ2n) is 5.67. The molecule has 3 rings (SSSR count). The zero-order chi connectivity index (χ0) is 16.9. The first-order chi connectivity index (χ1) is 11.6. The van der Waals surface area contributed by atoms with E-state index in [9.17, 15) is 9.18 Å². The Bertz CT molecular complexity index is 812. The fourth-order valence-electron chi connectivity index (χ4n) is 2.42. The van der Waals surface area contributed by atoms with Crippen LogP contribution in [-0.2, 0) is 0 Å². The fraction of sp³-hybridized carbons (Fsp3) is 0.158. The Balaban J connectivity index is 1.63. The molecular formula is C19H18FN3O. The van der Waals surface area contributed by atoms with Gasteiger partial charge < -0.3 is 5.32 Å². The number of carbonyl (C=O) groups is 1. The number of carbonyl (C=O) groups excluding carboxylic acids is 1. The van der Waals surface area contributed by atoms with Crippen LogP contribution >= 0.6 is 0 Å². The predicted octanol–water partition coefficient (Wildman–Crippen LogP) is 3.54. The molecule has 1 heterocycles. The molecule has 0 saturated heterocycles. The third kappa shape index (κ3) is 3.68. The van der Waals surface area contributed by atoms with Gasteiger partial charge in [-0.15, -0.1) is 0 Å². The average molecular weight is 323 g/mol. The Kier molecular flexibility index (Phi) is 4.70. The molecule has 0 saturated carbocycles. The number of rotatable bonds is 5. The summed E-state index contributed by atoms with van der Waals surface area (Å²) in [6.45, 7) is 2.61. The van der Waals surface area contributed by atoms with Crippen molar-refractivity contribution in [3.8, 4) is 5.69 Å². The van der Waals surface area contributed by atoms with Crippen molar-refractivity contribution >= 4 is 5.91 Å². The quantitative estimate of drug-likeness (QED) is 0.780. The van der Waals surface area contributed by atoms with Gasteiger partial charge in [0.2, 0.25) is 0 Å². The summed E-state index contributed by atoms with van der Waals surface area (Å²) in [6.07, 6.45) is 3.14. The monoisotopic (exact) mass is 323 g/mol. The largest absolute Gasteiger partial charge is 0.351 e. The molecule has 0 spiro atoms. The van der Waals surface area contributed by atoms with Gasteiger partial charge >= 0.3 is 0 Å². The van der Waals surface area contributed by atoms with Gasteiger partial charge in [0.15, 0.2) is 0 Å². The maximum atomic E-state index is 13.0. The van der Waals surface area contributed by atoms with Crippen LogP contribution in [-0.4, -0.2) is 22.2 Å². The minimum Gasteiger partial charge on any atom is -0.351 e. The summed E-state index contributed by atoms with van der Waals surface area (Å²) < 4.78 is 14.5. The van der Waals surface area contributed by atoms with E-state index in [1.54, 1.807) is 23.0 Å². The minimum absolute atomic E-state index is 0.175. The topological polar surface area (TPSA) is 46.9 Å². The summed E-state index contributed by atoms with van der Waals surface area (Å²) in [5, 5.41) is 7.07.